The number of likely N-dealkylation sites (N-methyl/N-ethyl adjacent to an activating group) is 1. The first-order valence-corrected chi connectivity index (χ1v) is 9.89. The first-order valence-electron chi connectivity index (χ1n) is 9.89. The van der Waals surface area contributed by atoms with E-state index in [0.717, 1.165) is 23.3 Å². The molecule has 1 saturated heterocycles. The second-order valence-corrected chi connectivity index (χ2v) is 8.10. The lowest BCUT2D eigenvalue weighted by molar-refractivity contribution is -0.139. The molecule has 2 aliphatic rings. The Balaban J connectivity index is 1.64. The third-order valence-corrected chi connectivity index (χ3v) is 5.70. The summed E-state index contributed by atoms with van der Waals surface area (Å²) in [5.74, 6) is -0.535. The Bertz CT molecular complexity index is 832. The predicted molar refractivity (Wildman–Crippen MR) is 107 cm³/mol. The Morgan fingerprint density at radius 3 is 2.31 bits per heavy atom. The normalized spacial score (nSPS) is 21.2. The molecule has 0 spiro atoms. The van der Waals surface area contributed by atoms with E-state index in [1.165, 1.54) is 4.90 Å². The summed E-state index contributed by atoms with van der Waals surface area (Å²) >= 11 is 0. The number of imide groups is 1. The molecule has 29 heavy (non-hydrogen) atoms. The monoisotopic (exact) mass is 400 g/mol. The van der Waals surface area contributed by atoms with Crippen LogP contribution in [0.4, 0.5) is 4.79 Å². The van der Waals surface area contributed by atoms with Crippen molar-refractivity contribution in [2.45, 2.75) is 38.8 Å². The average molecular weight is 400 g/mol. The van der Waals surface area contributed by atoms with Crippen molar-refractivity contribution in [3.05, 3.63) is 35.4 Å². The van der Waals surface area contributed by atoms with Gasteiger partial charge in [0.15, 0.2) is 0 Å². The van der Waals surface area contributed by atoms with E-state index in [-0.39, 0.29) is 30.2 Å². The van der Waals surface area contributed by atoms with E-state index in [0.29, 0.717) is 18.7 Å². The number of nitrogens with one attached hydrogen (secondary N) is 1. The highest BCUT2D eigenvalue weighted by molar-refractivity contribution is 6.09. The summed E-state index contributed by atoms with van der Waals surface area (Å²) in [6.07, 6.45) is 1.83. The smallest absolute Gasteiger partial charge is 0.325 e. The zero-order chi connectivity index (χ0) is 21.3. The molecular formula is C21H28N4O4. The number of rotatable bonds is 7. The predicted octanol–water partition coefficient (Wildman–Crippen LogP) is 1.46. The van der Waals surface area contributed by atoms with Gasteiger partial charge in [-0.3, -0.25) is 19.3 Å². The van der Waals surface area contributed by atoms with Crippen LogP contribution in [0.5, 0.6) is 0 Å². The maximum absolute atomic E-state index is 12.8. The van der Waals surface area contributed by atoms with Gasteiger partial charge in [0.1, 0.15) is 12.1 Å². The summed E-state index contributed by atoms with van der Waals surface area (Å²) in [5, 5.41) is 2.76. The standard InChI is InChI=1S/C21H28N4O4/c1-5-24(12-14-6-8-15(9-7-14)18(27)23(3)4)17(26)13-25-19(28)21(2,16-10-11-16)22-20(25)29/h6-9,16H,5,10-13H2,1-4H3,(H,22,29). The molecular weight excluding hydrogens is 372 g/mol. The Labute approximate surface area is 170 Å². The van der Waals surface area contributed by atoms with Crippen molar-refractivity contribution in [3.63, 3.8) is 0 Å². The van der Waals surface area contributed by atoms with Crippen molar-refractivity contribution in [1.29, 1.82) is 0 Å². The largest absolute Gasteiger partial charge is 0.345 e. The van der Waals surface area contributed by atoms with Gasteiger partial charge in [-0.2, -0.15) is 0 Å². The van der Waals surface area contributed by atoms with Gasteiger partial charge >= 0.3 is 6.03 Å². The van der Waals surface area contributed by atoms with Gasteiger partial charge in [0.2, 0.25) is 5.91 Å². The fourth-order valence-electron chi connectivity index (χ4n) is 3.64. The molecule has 0 bridgehead atoms. The molecule has 1 aliphatic carbocycles. The summed E-state index contributed by atoms with van der Waals surface area (Å²) in [5.41, 5.74) is 0.561. The van der Waals surface area contributed by atoms with Gasteiger partial charge in [-0.05, 0) is 50.3 Å². The van der Waals surface area contributed by atoms with Gasteiger partial charge in [0.05, 0.1) is 0 Å². The summed E-state index contributed by atoms with van der Waals surface area (Å²) in [6.45, 7) is 4.11. The minimum atomic E-state index is -0.886. The van der Waals surface area contributed by atoms with E-state index in [9.17, 15) is 19.2 Å². The van der Waals surface area contributed by atoms with E-state index in [2.05, 4.69) is 5.32 Å². The van der Waals surface area contributed by atoms with Gasteiger partial charge in [-0.1, -0.05) is 12.1 Å². The number of amides is 5. The van der Waals surface area contributed by atoms with Gasteiger partial charge in [-0.15, -0.1) is 0 Å². The summed E-state index contributed by atoms with van der Waals surface area (Å²) in [6, 6.07) is 6.58. The van der Waals surface area contributed by atoms with E-state index in [4.69, 9.17) is 0 Å². The van der Waals surface area contributed by atoms with E-state index < -0.39 is 11.6 Å². The van der Waals surface area contributed by atoms with Crippen LogP contribution in [0, 0.1) is 5.92 Å². The summed E-state index contributed by atoms with van der Waals surface area (Å²) < 4.78 is 0. The second kappa shape index (κ2) is 7.85. The van der Waals surface area contributed by atoms with Crippen LogP contribution in [0.2, 0.25) is 0 Å². The molecule has 156 valence electrons. The van der Waals surface area contributed by atoms with Gasteiger partial charge in [0.25, 0.3) is 11.8 Å². The number of nitrogens with zero attached hydrogens (tertiary/aromatic N) is 3. The van der Waals surface area contributed by atoms with Gasteiger partial charge in [-0.25, -0.2) is 4.79 Å². The molecule has 3 rings (SSSR count). The van der Waals surface area contributed by atoms with Crippen molar-refractivity contribution in [3.8, 4) is 0 Å². The SMILES string of the molecule is CCN(Cc1ccc(C(=O)N(C)C)cc1)C(=O)CN1C(=O)NC(C)(C2CC2)C1=O. The number of benzene rings is 1. The van der Waals surface area contributed by atoms with Crippen LogP contribution in [-0.4, -0.2) is 71.2 Å². The second-order valence-electron chi connectivity index (χ2n) is 8.10. The van der Waals surface area contributed by atoms with Gasteiger partial charge in [0, 0.05) is 32.7 Å². The maximum Gasteiger partial charge on any atom is 0.325 e. The minimum Gasteiger partial charge on any atom is -0.345 e. The molecule has 1 heterocycles. The lowest BCUT2D eigenvalue weighted by Crippen LogP contribution is -2.47. The number of carbonyl (C=O) groups is 4. The lowest BCUT2D eigenvalue weighted by Gasteiger charge is -2.24. The zero-order valence-electron chi connectivity index (χ0n) is 17.4. The van der Waals surface area contributed by atoms with Crippen molar-refractivity contribution in [2.75, 3.05) is 27.2 Å². The van der Waals surface area contributed by atoms with Crippen LogP contribution in [-0.2, 0) is 16.1 Å². The number of hydrogen-bond acceptors (Lipinski definition) is 4. The fourth-order valence-corrected chi connectivity index (χ4v) is 3.64. The summed E-state index contributed by atoms with van der Waals surface area (Å²) in [7, 11) is 3.38. The third-order valence-electron chi connectivity index (χ3n) is 5.70. The molecule has 0 radical (unpaired) electrons. The molecule has 1 aromatic rings. The molecule has 8 heteroatoms. The van der Waals surface area contributed by atoms with Crippen LogP contribution in [0.15, 0.2) is 24.3 Å². The lowest BCUT2D eigenvalue weighted by atomic mass is 9.96. The Kier molecular flexibility index (Phi) is 5.64. The van der Waals surface area contributed by atoms with Crippen molar-refractivity contribution in [1.82, 2.24) is 20.0 Å². The fraction of sp³-hybridized carbons (Fsp3) is 0.524. The Morgan fingerprint density at radius 1 is 1.17 bits per heavy atom. The highest BCUT2D eigenvalue weighted by Gasteiger charge is 2.56. The molecule has 1 aromatic carbocycles. The van der Waals surface area contributed by atoms with Crippen molar-refractivity contribution in [2.24, 2.45) is 5.92 Å². The quantitative estimate of drug-likeness (QED) is 0.702. The van der Waals surface area contributed by atoms with E-state index in [1.54, 1.807) is 38.1 Å². The van der Waals surface area contributed by atoms with E-state index >= 15 is 0 Å². The Hall–Kier alpha value is -2.90. The highest BCUT2D eigenvalue weighted by Crippen LogP contribution is 2.42. The molecule has 1 saturated carbocycles. The molecule has 1 aliphatic heterocycles. The molecule has 1 atom stereocenters. The third kappa shape index (κ3) is 4.11. The summed E-state index contributed by atoms with van der Waals surface area (Å²) in [4.78, 5) is 53.9. The molecule has 1 unspecified atom stereocenters. The first-order chi connectivity index (χ1) is 13.7. The first kappa shape index (κ1) is 20.8. The van der Waals surface area contributed by atoms with E-state index in [1.807, 2.05) is 19.1 Å². The highest BCUT2D eigenvalue weighted by atomic mass is 16.2. The average Bonchev–Trinajstić information content (AvgIpc) is 3.52. The van der Waals surface area contributed by atoms with Crippen LogP contribution < -0.4 is 5.32 Å². The van der Waals surface area contributed by atoms with Crippen LogP contribution >= 0.6 is 0 Å². The van der Waals surface area contributed by atoms with Crippen LogP contribution in [0.1, 0.15) is 42.6 Å². The van der Waals surface area contributed by atoms with Crippen molar-refractivity contribution >= 4 is 23.8 Å². The number of hydrogen-bond donors (Lipinski definition) is 1. The topological polar surface area (TPSA) is 90.0 Å². The van der Waals surface area contributed by atoms with Crippen LogP contribution in [0.3, 0.4) is 0 Å². The zero-order valence-corrected chi connectivity index (χ0v) is 17.4. The Morgan fingerprint density at radius 2 is 1.79 bits per heavy atom. The molecule has 2 fully saturated rings. The maximum atomic E-state index is 12.8. The molecule has 1 N–H and O–H groups in total. The van der Waals surface area contributed by atoms with Crippen LogP contribution in [0.25, 0.3) is 0 Å². The molecule has 0 aromatic heterocycles. The molecule has 5 amide bonds. The van der Waals surface area contributed by atoms with Gasteiger partial charge < -0.3 is 15.1 Å². The molecule has 8 nitrogen and oxygen atoms in total. The van der Waals surface area contributed by atoms with Crippen molar-refractivity contribution < 1.29 is 19.2 Å². The number of carbonyl (C=O) groups excluding carboxylic acids is 4. The number of urea groups is 1. The minimum absolute atomic E-state index is 0.0859.